The van der Waals surface area contributed by atoms with E-state index in [-0.39, 0.29) is 35.8 Å². The van der Waals surface area contributed by atoms with Crippen LogP contribution in [0.25, 0.3) is 0 Å². The first-order valence-electron chi connectivity index (χ1n) is 5.87. The van der Waals surface area contributed by atoms with E-state index < -0.39 is 10.0 Å². The van der Waals surface area contributed by atoms with Crippen molar-refractivity contribution in [2.24, 2.45) is 7.05 Å². The van der Waals surface area contributed by atoms with E-state index in [1.165, 1.54) is 23.9 Å². The Labute approximate surface area is 125 Å². The van der Waals surface area contributed by atoms with Crippen molar-refractivity contribution in [3.63, 3.8) is 0 Å². The smallest absolute Gasteiger partial charge is 0.267 e. The second-order valence-electron chi connectivity index (χ2n) is 4.29. The van der Waals surface area contributed by atoms with E-state index in [9.17, 15) is 13.2 Å². The molecule has 1 atom stereocenters. The number of hydrogen-bond donors (Lipinski definition) is 3. The Morgan fingerprint density at radius 1 is 1.40 bits per heavy atom. The molecule has 20 heavy (non-hydrogen) atoms. The highest BCUT2D eigenvalue weighted by atomic mass is 35.5. The standard InChI is InChI=1S/C11H20N4O3S.ClH/c1-8(12-2)6-14-19(17,18)9-5-10(11(16)13-3)15(4)7-9;/h5,7-8,12,14H,6H2,1-4H3,(H,13,16);1H. The van der Waals surface area contributed by atoms with Gasteiger partial charge in [0.15, 0.2) is 0 Å². The molecule has 0 fully saturated rings. The fourth-order valence-corrected chi connectivity index (χ4v) is 2.65. The summed E-state index contributed by atoms with van der Waals surface area (Å²) < 4.78 is 28.1. The summed E-state index contributed by atoms with van der Waals surface area (Å²) in [4.78, 5) is 11.6. The van der Waals surface area contributed by atoms with Crippen molar-refractivity contribution in [1.29, 1.82) is 0 Å². The lowest BCUT2D eigenvalue weighted by atomic mass is 10.4. The topological polar surface area (TPSA) is 92.2 Å². The Morgan fingerprint density at radius 2 is 2.00 bits per heavy atom. The van der Waals surface area contributed by atoms with Crippen LogP contribution in [0.3, 0.4) is 0 Å². The van der Waals surface area contributed by atoms with Crippen LogP contribution in [0.15, 0.2) is 17.2 Å². The third kappa shape index (κ3) is 4.48. The molecule has 0 saturated carbocycles. The molecule has 1 amide bonds. The van der Waals surface area contributed by atoms with E-state index in [2.05, 4.69) is 15.4 Å². The first-order valence-corrected chi connectivity index (χ1v) is 7.35. The zero-order valence-corrected chi connectivity index (χ0v) is 13.6. The number of aromatic nitrogens is 1. The largest absolute Gasteiger partial charge is 0.354 e. The molecule has 1 aromatic rings. The van der Waals surface area contributed by atoms with Gasteiger partial charge in [-0.2, -0.15) is 0 Å². The Balaban J connectivity index is 0.00000361. The lowest BCUT2D eigenvalue weighted by Gasteiger charge is -2.10. The minimum atomic E-state index is -3.60. The highest BCUT2D eigenvalue weighted by molar-refractivity contribution is 7.89. The Bertz CT molecular complexity index is 556. The van der Waals surface area contributed by atoms with Gasteiger partial charge < -0.3 is 15.2 Å². The summed E-state index contributed by atoms with van der Waals surface area (Å²) in [7, 11) is 1.28. The second-order valence-corrected chi connectivity index (χ2v) is 6.06. The lowest BCUT2D eigenvalue weighted by molar-refractivity contribution is 0.0955. The van der Waals surface area contributed by atoms with Gasteiger partial charge in [-0.15, -0.1) is 12.4 Å². The number of amides is 1. The first kappa shape index (κ1) is 18.9. The molecule has 116 valence electrons. The van der Waals surface area contributed by atoms with Gasteiger partial charge in [0, 0.05) is 32.9 Å². The molecule has 1 unspecified atom stereocenters. The summed E-state index contributed by atoms with van der Waals surface area (Å²) in [5.74, 6) is -0.326. The number of likely N-dealkylation sites (N-methyl/N-ethyl adjacent to an activating group) is 1. The summed E-state index contributed by atoms with van der Waals surface area (Å²) >= 11 is 0. The summed E-state index contributed by atoms with van der Waals surface area (Å²) in [5, 5.41) is 5.40. The van der Waals surface area contributed by atoms with Crippen molar-refractivity contribution in [1.82, 2.24) is 19.9 Å². The Morgan fingerprint density at radius 3 is 2.50 bits per heavy atom. The number of sulfonamides is 1. The molecule has 7 nitrogen and oxygen atoms in total. The van der Waals surface area contributed by atoms with Crippen LogP contribution in [0.2, 0.25) is 0 Å². The third-order valence-electron chi connectivity index (χ3n) is 2.82. The van der Waals surface area contributed by atoms with Crippen LogP contribution in [-0.2, 0) is 17.1 Å². The molecule has 0 aliphatic heterocycles. The van der Waals surface area contributed by atoms with Gasteiger partial charge in [-0.1, -0.05) is 0 Å². The maximum Gasteiger partial charge on any atom is 0.267 e. The highest BCUT2D eigenvalue weighted by Gasteiger charge is 2.20. The lowest BCUT2D eigenvalue weighted by Crippen LogP contribution is -2.37. The maximum absolute atomic E-state index is 12.0. The molecule has 1 heterocycles. The van der Waals surface area contributed by atoms with Crippen molar-refractivity contribution >= 4 is 28.3 Å². The first-order chi connectivity index (χ1) is 8.81. The van der Waals surface area contributed by atoms with Gasteiger partial charge in [0.2, 0.25) is 10.0 Å². The van der Waals surface area contributed by atoms with Crippen molar-refractivity contribution in [3.05, 3.63) is 18.0 Å². The summed E-state index contributed by atoms with van der Waals surface area (Å²) in [6, 6.07) is 1.38. The van der Waals surface area contributed by atoms with Crippen LogP contribution in [-0.4, -0.2) is 45.6 Å². The number of aryl methyl sites for hydroxylation is 1. The molecule has 0 bridgehead atoms. The van der Waals surface area contributed by atoms with Crippen LogP contribution in [0.5, 0.6) is 0 Å². The molecular weight excluding hydrogens is 304 g/mol. The van der Waals surface area contributed by atoms with Gasteiger partial charge in [-0.3, -0.25) is 4.79 Å². The van der Waals surface area contributed by atoms with Crippen molar-refractivity contribution < 1.29 is 13.2 Å². The number of nitrogens with one attached hydrogen (secondary N) is 3. The minimum Gasteiger partial charge on any atom is -0.354 e. The quantitative estimate of drug-likeness (QED) is 0.669. The molecule has 0 radical (unpaired) electrons. The van der Waals surface area contributed by atoms with Crippen LogP contribution in [0.1, 0.15) is 17.4 Å². The van der Waals surface area contributed by atoms with E-state index in [1.54, 1.807) is 14.1 Å². The maximum atomic E-state index is 12.0. The van der Waals surface area contributed by atoms with Crippen LogP contribution in [0.4, 0.5) is 0 Å². The van der Waals surface area contributed by atoms with Crippen molar-refractivity contribution in [2.75, 3.05) is 20.6 Å². The SMILES string of the molecule is CNC(=O)c1cc(S(=O)(=O)NCC(C)NC)cn1C.Cl. The van der Waals surface area contributed by atoms with Gasteiger partial charge >= 0.3 is 0 Å². The zero-order valence-electron chi connectivity index (χ0n) is 11.9. The van der Waals surface area contributed by atoms with Crippen molar-refractivity contribution in [2.45, 2.75) is 17.9 Å². The zero-order chi connectivity index (χ0) is 14.6. The van der Waals surface area contributed by atoms with E-state index >= 15 is 0 Å². The van der Waals surface area contributed by atoms with E-state index in [1.807, 2.05) is 6.92 Å². The molecule has 0 aromatic carbocycles. The predicted octanol–water partition coefficient (Wildman–Crippen LogP) is -0.307. The fourth-order valence-electron chi connectivity index (χ4n) is 1.46. The van der Waals surface area contributed by atoms with E-state index in [0.717, 1.165) is 0 Å². The highest BCUT2D eigenvalue weighted by Crippen LogP contribution is 2.13. The number of rotatable bonds is 6. The normalized spacial score (nSPS) is 12.6. The summed E-state index contributed by atoms with van der Waals surface area (Å²) in [6.07, 6.45) is 1.41. The molecule has 0 saturated heterocycles. The number of nitrogens with zero attached hydrogens (tertiary/aromatic N) is 1. The van der Waals surface area contributed by atoms with E-state index in [4.69, 9.17) is 0 Å². The summed E-state index contributed by atoms with van der Waals surface area (Å²) in [6.45, 7) is 2.15. The molecule has 1 aromatic heterocycles. The van der Waals surface area contributed by atoms with Crippen LogP contribution >= 0.6 is 12.4 Å². The number of halogens is 1. The number of carbonyl (C=O) groups excluding carboxylic acids is 1. The molecule has 0 aliphatic carbocycles. The predicted molar refractivity (Wildman–Crippen MR) is 79.8 cm³/mol. The summed E-state index contributed by atoms with van der Waals surface area (Å²) in [5.41, 5.74) is 0.296. The number of carbonyl (C=O) groups is 1. The average molecular weight is 325 g/mol. The molecule has 9 heteroatoms. The van der Waals surface area contributed by atoms with Crippen LogP contribution in [0, 0.1) is 0 Å². The van der Waals surface area contributed by atoms with E-state index in [0.29, 0.717) is 5.69 Å². The fraction of sp³-hybridized carbons (Fsp3) is 0.545. The Kier molecular flexibility index (Phi) is 7.21. The van der Waals surface area contributed by atoms with Crippen molar-refractivity contribution in [3.8, 4) is 0 Å². The molecule has 0 aliphatic rings. The molecule has 3 N–H and O–H groups in total. The number of hydrogen-bond acceptors (Lipinski definition) is 4. The Hall–Kier alpha value is -1.09. The van der Waals surface area contributed by atoms with Gasteiger partial charge in [-0.25, -0.2) is 13.1 Å². The molecule has 0 spiro atoms. The van der Waals surface area contributed by atoms with Gasteiger partial charge in [0.05, 0.1) is 0 Å². The van der Waals surface area contributed by atoms with Crippen LogP contribution < -0.4 is 15.4 Å². The second kappa shape index (κ2) is 7.63. The van der Waals surface area contributed by atoms with Gasteiger partial charge in [0.25, 0.3) is 5.91 Å². The monoisotopic (exact) mass is 324 g/mol. The molecular formula is C11H21ClN4O3S. The van der Waals surface area contributed by atoms with Gasteiger partial charge in [0.1, 0.15) is 10.6 Å². The van der Waals surface area contributed by atoms with Gasteiger partial charge in [-0.05, 0) is 20.0 Å². The molecule has 1 rings (SSSR count). The third-order valence-corrected chi connectivity index (χ3v) is 4.21. The minimum absolute atomic E-state index is 0. The average Bonchev–Trinajstić information content (AvgIpc) is 2.78.